The molecular formula is C18H25F3N2O4. The van der Waals surface area contributed by atoms with Crippen LogP contribution in [-0.2, 0) is 4.79 Å². The van der Waals surface area contributed by atoms with Gasteiger partial charge in [-0.3, -0.25) is 4.79 Å². The molecule has 1 atom stereocenters. The van der Waals surface area contributed by atoms with Gasteiger partial charge in [-0.15, -0.1) is 0 Å². The number of hydrogen-bond acceptors (Lipinski definition) is 4. The summed E-state index contributed by atoms with van der Waals surface area (Å²) in [5.41, 5.74) is 1.07. The molecule has 1 unspecified atom stereocenters. The van der Waals surface area contributed by atoms with Crippen molar-refractivity contribution in [1.29, 1.82) is 0 Å². The largest absolute Gasteiger partial charge is 0.490 e. The number of halogens is 3. The molecule has 1 spiro atoms. The quantitative estimate of drug-likeness (QED) is 0.798. The van der Waals surface area contributed by atoms with Gasteiger partial charge >= 0.3 is 12.1 Å². The van der Waals surface area contributed by atoms with Crippen LogP contribution in [-0.4, -0.2) is 66.2 Å². The fourth-order valence-electron chi connectivity index (χ4n) is 3.91. The normalized spacial score (nSPS) is 23.3. The number of nitrogens with zero attached hydrogens (tertiary/aromatic N) is 2. The average Bonchev–Trinajstić information content (AvgIpc) is 3.09. The number of furan rings is 1. The van der Waals surface area contributed by atoms with Gasteiger partial charge in [-0.25, -0.2) is 4.79 Å². The maximum Gasteiger partial charge on any atom is 0.490 e. The molecule has 6 nitrogen and oxygen atoms in total. The van der Waals surface area contributed by atoms with Crippen LogP contribution in [0.25, 0.3) is 0 Å². The number of carbonyl (C=O) groups excluding carboxylic acids is 1. The third-order valence-electron chi connectivity index (χ3n) is 5.09. The Hall–Kier alpha value is -2.03. The fraction of sp³-hybridized carbons (Fsp3) is 0.667. The van der Waals surface area contributed by atoms with Crippen LogP contribution in [0.2, 0.25) is 0 Å². The van der Waals surface area contributed by atoms with Crippen molar-refractivity contribution >= 4 is 11.9 Å². The van der Waals surface area contributed by atoms with Crippen LogP contribution in [0.4, 0.5) is 13.2 Å². The van der Waals surface area contributed by atoms with Crippen LogP contribution in [0.1, 0.15) is 41.1 Å². The number of likely N-dealkylation sites (tertiary alicyclic amines) is 2. The lowest BCUT2D eigenvalue weighted by molar-refractivity contribution is -0.192. The van der Waals surface area contributed by atoms with E-state index >= 15 is 0 Å². The molecule has 1 aromatic heterocycles. The summed E-state index contributed by atoms with van der Waals surface area (Å²) in [7, 11) is 2.19. The molecule has 2 aliphatic rings. The SMILES string of the molecule is Cc1cc(C(=O)N2CCC3(CCCN(C)C3)C2)c(C)o1.O=C(O)C(F)(F)F. The van der Waals surface area contributed by atoms with Gasteiger partial charge in [0.2, 0.25) is 0 Å². The Bertz CT molecular complexity index is 701. The van der Waals surface area contributed by atoms with Crippen molar-refractivity contribution in [2.75, 3.05) is 33.2 Å². The van der Waals surface area contributed by atoms with E-state index in [9.17, 15) is 18.0 Å². The van der Waals surface area contributed by atoms with Crippen LogP contribution in [0.15, 0.2) is 10.5 Å². The lowest BCUT2D eigenvalue weighted by Crippen LogP contribution is -2.43. The van der Waals surface area contributed by atoms with Gasteiger partial charge in [0.05, 0.1) is 5.56 Å². The average molecular weight is 390 g/mol. The molecule has 2 fully saturated rings. The van der Waals surface area contributed by atoms with E-state index < -0.39 is 12.1 Å². The smallest absolute Gasteiger partial charge is 0.475 e. The number of carboxylic acids is 1. The number of carbonyl (C=O) groups is 2. The molecule has 3 heterocycles. The minimum Gasteiger partial charge on any atom is -0.475 e. The second-order valence-electron chi connectivity index (χ2n) is 7.45. The van der Waals surface area contributed by atoms with Gasteiger partial charge < -0.3 is 19.3 Å². The Morgan fingerprint density at radius 2 is 1.81 bits per heavy atom. The van der Waals surface area contributed by atoms with Crippen molar-refractivity contribution in [2.45, 2.75) is 39.3 Å². The van der Waals surface area contributed by atoms with Crippen LogP contribution < -0.4 is 0 Å². The van der Waals surface area contributed by atoms with Crippen LogP contribution in [0.3, 0.4) is 0 Å². The molecule has 0 aliphatic carbocycles. The summed E-state index contributed by atoms with van der Waals surface area (Å²) in [5, 5.41) is 7.12. The van der Waals surface area contributed by atoms with E-state index in [1.807, 2.05) is 24.8 Å². The zero-order valence-corrected chi connectivity index (χ0v) is 15.7. The maximum absolute atomic E-state index is 12.6. The Morgan fingerprint density at radius 3 is 2.30 bits per heavy atom. The molecule has 1 aromatic rings. The van der Waals surface area contributed by atoms with E-state index in [0.29, 0.717) is 5.41 Å². The molecule has 2 aliphatic heterocycles. The first-order chi connectivity index (χ1) is 12.4. The summed E-state index contributed by atoms with van der Waals surface area (Å²) in [4.78, 5) is 26.0. The van der Waals surface area contributed by atoms with Crippen molar-refractivity contribution in [3.05, 3.63) is 23.2 Å². The molecule has 152 valence electrons. The highest BCUT2D eigenvalue weighted by molar-refractivity contribution is 5.95. The topological polar surface area (TPSA) is 74.0 Å². The van der Waals surface area contributed by atoms with Crippen LogP contribution >= 0.6 is 0 Å². The number of aryl methyl sites for hydroxylation is 2. The third kappa shape index (κ3) is 5.24. The van der Waals surface area contributed by atoms with Gasteiger partial charge in [0.15, 0.2) is 0 Å². The van der Waals surface area contributed by atoms with Gasteiger partial charge in [0, 0.05) is 25.0 Å². The number of hydrogen-bond donors (Lipinski definition) is 1. The first-order valence-electron chi connectivity index (χ1n) is 8.78. The van der Waals surface area contributed by atoms with Gasteiger partial charge in [0.25, 0.3) is 5.91 Å². The summed E-state index contributed by atoms with van der Waals surface area (Å²) in [5.74, 6) is -1.05. The minimum absolute atomic E-state index is 0.143. The molecule has 9 heteroatoms. The van der Waals surface area contributed by atoms with E-state index in [1.54, 1.807) is 0 Å². The molecule has 2 saturated heterocycles. The zero-order chi connectivity index (χ0) is 20.4. The molecule has 0 bridgehead atoms. The van der Waals surface area contributed by atoms with Gasteiger partial charge in [0.1, 0.15) is 11.5 Å². The first-order valence-corrected chi connectivity index (χ1v) is 8.78. The van der Waals surface area contributed by atoms with E-state index in [2.05, 4.69) is 11.9 Å². The Morgan fingerprint density at radius 1 is 1.19 bits per heavy atom. The number of amides is 1. The summed E-state index contributed by atoms with van der Waals surface area (Å²) in [6.45, 7) is 7.87. The predicted octanol–water partition coefficient (Wildman–Crippen LogP) is 3.09. The van der Waals surface area contributed by atoms with Crippen molar-refractivity contribution in [3.8, 4) is 0 Å². The van der Waals surface area contributed by atoms with E-state index in [0.717, 1.165) is 43.1 Å². The molecule has 0 saturated carbocycles. The Labute approximate surface area is 155 Å². The van der Waals surface area contributed by atoms with Crippen molar-refractivity contribution in [1.82, 2.24) is 9.80 Å². The van der Waals surface area contributed by atoms with Crippen LogP contribution in [0.5, 0.6) is 0 Å². The fourth-order valence-corrected chi connectivity index (χ4v) is 3.91. The first kappa shape index (κ1) is 21.3. The monoisotopic (exact) mass is 390 g/mol. The lowest BCUT2D eigenvalue weighted by Gasteiger charge is -2.38. The lowest BCUT2D eigenvalue weighted by atomic mass is 9.79. The second-order valence-corrected chi connectivity index (χ2v) is 7.45. The number of carboxylic acid groups (broad SMARTS) is 1. The summed E-state index contributed by atoms with van der Waals surface area (Å²) < 4.78 is 37.2. The van der Waals surface area contributed by atoms with E-state index in [4.69, 9.17) is 14.3 Å². The maximum atomic E-state index is 12.6. The van der Waals surface area contributed by atoms with Crippen molar-refractivity contribution in [2.24, 2.45) is 5.41 Å². The molecular weight excluding hydrogens is 365 g/mol. The number of piperidine rings is 1. The number of alkyl halides is 3. The zero-order valence-electron chi connectivity index (χ0n) is 15.7. The van der Waals surface area contributed by atoms with E-state index in [1.165, 1.54) is 19.4 Å². The predicted molar refractivity (Wildman–Crippen MR) is 91.6 cm³/mol. The standard InChI is InChI=1S/C16H24N2O2.C2HF3O2/c1-12-9-14(13(2)20-12)15(19)18-8-6-16(11-18)5-4-7-17(3)10-16;3-2(4,5)1(6)7/h9H,4-8,10-11H2,1-3H3;(H,6,7). The molecule has 1 N–H and O–H groups in total. The third-order valence-corrected chi connectivity index (χ3v) is 5.09. The molecule has 27 heavy (non-hydrogen) atoms. The van der Waals surface area contributed by atoms with Crippen molar-refractivity contribution < 1.29 is 32.3 Å². The minimum atomic E-state index is -5.08. The highest BCUT2D eigenvalue weighted by atomic mass is 19.4. The highest BCUT2D eigenvalue weighted by Crippen LogP contribution is 2.39. The van der Waals surface area contributed by atoms with Crippen LogP contribution in [0, 0.1) is 19.3 Å². The van der Waals surface area contributed by atoms with Crippen molar-refractivity contribution in [3.63, 3.8) is 0 Å². The summed E-state index contributed by atoms with van der Waals surface area (Å²) >= 11 is 0. The Kier molecular flexibility index (Phi) is 6.24. The highest BCUT2D eigenvalue weighted by Gasteiger charge is 2.42. The summed E-state index contributed by atoms with van der Waals surface area (Å²) in [6.07, 6.45) is -1.44. The number of aliphatic carboxylic acids is 1. The molecule has 1 amide bonds. The van der Waals surface area contributed by atoms with Gasteiger partial charge in [-0.2, -0.15) is 13.2 Å². The second kappa shape index (κ2) is 7.92. The molecule has 3 rings (SSSR count). The van der Waals surface area contributed by atoms with E-state index in [-0.39, 0.29) is 5.91 Å². The van der Waals surface area contributed by atoms with Gasteiger partial charge in [-0.1, -0.05) is 0 Å². The summed E-state index contributed by atoms with van der Waals surface area (Å²) in [6, 6.07) is 1.87. The number of rotatable bonds is 1. The van der Waals surface area contributed by atoms with Gasteiger partial charge in [-0.05, 0) is 52.8 Å². The molecule has 0 aromatic carbocycles. The Balaban J connectivity index is 0.000000321. The molecule has 0 radical (unpaired) electrons.